The fourth-order valence-corrected chi connectivity index (χ4v) is 8.07. The Morgan fingerprint density at radius 2 is 1.92 bits per heavy atom. The topological polar surface area (TPSA) is 84.1 Å². The zero-order valence-electron chi connectivity index (χ0n) is 21.4. The molecule has 2 N–H and O–H groups in total. The molecule has 1 aromatic carbocycles. The third-order valence-electron chi connectivity index (χ3n) is 7.28. The van der Waals surface area contributed by atoms with Gasteiger partial charge in [-0.1, -0.05) is 19.1 Å². The van der Waals surface area contributed by atoms with Crippen molar-refractivity contribution in [1.82, 2.24) is 15.3 Å². The Labute approximate surface area is 228 Å². The number of ether oxygens (including phenoxy) is 1. The minimum Gasteiger partial charge on any atom is -0.381 e. The minimum absolute atomic E-state index is 0.173. The zero-order valence-corrected chi connectivity index (χ0v) is 23.9. The molecule has 9 heteroatoms. The first-order valence-corrected chi connectivity index (χ1v) is 16.9. The maximum atomic E-state index is 12.7. The molecule has 3 aromatic rings. The van der Waals surface area contributed by atoms with Gasteiger partial charge in [0.1, 0.15) is 5.01 Å². The van der Waals surface area contributed by atoms with E-state index in [9.17, 15) is 8.42 Å². The molecule has 6 nitrogen and oxygen atoms in total. The fraction of sp³-hybridized carbons (Fsp3) is 0.536. The highest BCUT2D eigenvalue weighted by Crippen LogP contribution is 2.38. The molecule has 1 saturated heterocycles. The number of aromatic nitrogens is 2. The number of hydrogen-bond acceptors (Lipinski definition) is 7. The lowest BCUT2D eigenvalue weighted by Gasteiger charge is -2.27. The number of thiazole rings is 1. The van der Waals surface area contributed by atoms with Gasteiger partial charge in [-0.15, -0.1) is 11.3 Å². The van der Waals surface area contributed by atoms with Gasteiger partial charge in [0.15, 0.2) is 9.84 Å². The first kappa shape index (κ1) is 26.9. The van der Waals surface area contributed by atoms with Crippen LogP contribution in [0.2, 0.25) is 0 Å². The summed E-state index contributed by atoms with van der Waals surface area (Å²) in [5, 5.41) is 4.32. The van der Waals surface area contributed by atoms with E-state index in [1.165, 1.54) is 4.88 Å². The molecule has 200 valence electrons. The van der Waals surface area contributed by atoms with Crippen molar-refractivity contribution in [2.24, 2.45) is 5.92 Å². The molecule has 37 heavy (non-hydrogen) atoms. The molecule has 1 unspecified atom stereocenters. The van der Waals surface area contributed by atoms with E-state index in [2.05, 4.69) is 34.3 Å². The van der Waals surface area contributed by atoms with E-state index < -0.39 is 9.84 Å². The van der Waals surface area contributed by atoms with Crippen molar-refractivity contribution in [2.75, 3.05) is 31.3 Å². The number of H-pyrrole nitrogens is 1. The van der Waals surface area contributed by atoms with Gasteiger partial charge in [-0.25, -0.2) is 13.4 Å². The predicted molar refractivity (Wildman–Crippen MR) is 153 cm³/mol. The van der Waals surface area contributed by atoms with E-state index in [1.807, 2.05) is 42.2 Å². The van der Waals surface area contributed by atoms with Gasteiger partial charge in [-0.2, -0.15) is 11.8 Å². The van der Waals surface area contributed by atoms with Crippen LogP contribution in [-0.4, -0.2) is 54.9 Å². The Morgan fingerprint density at radius 1 is 1.14 bits per heavy atom. The summed E-state index contributed by atoms with van der Waals surface area (Å²) in [7, 11) is -3.18. The highest BCUT2D eigenvalue weighted by molar-refractivity contribution is 7.99. The highest BCUT2D eigenvalue weighted by atomic mass is 32.2. The van der Waals surface area contributed by atoms with E-state index in [0.717, 1.165) is 91.9 Å². The van der Waals surface area contributed by atoms with E-state index in [0.29, 0.717) is 10.8 Å². The summed E-state index contributed by atoms with van der Waals surface area (Å²) in [5.74, 6) is 3.04. The van der Waals surface area contributed by atoms with Crippen LogP contribution in [0.1, 0.15) is 61.1 Å². The van der Waals surface area contributed by atoms with E-state index >= 15 is 0 Å². The number of aromatic amines is 1. The molecule has 1 aliphatic heterocycles. The average molecular weight is 560 g/mol. The molecular weight excluding hydrogens is 523 g/mol. The summed E-state index contributed by atoms with van der Waals surface area (Å²) >= 11 is 3.68. The smallest absolute Gasteiger partial charge is 0.181 e. The quantitative estimate of drug-likeness (QED) is 0.255. The molecule has 1 aliphatic carbocycles. The Morgan fingerprint density at radius 3 is 2.65 bits per heavy atom. The second kappa shape index (κ2) is 12.5. The van der Waals surface area contributed by atoms with Crippen LogP contribution in [0.15, 0.2) is 47.5 Å². The summed E-state index contributed by atoms with van der Waals surface area (Å²) in [4.78, 5) is 10.0. The molecule has 1 atom stereocenters. The number of benzene rings is 1. The lowest BCUT2D eigenvalue weighted by Crippen LogP contribution is -2.19. The number of nitrogens with zero attached hydrogens (tertiary/aromatic N) is 1. The molecule has 0 bridgehead atoms. The van der Waals surface area contributed by atoms with Crippen molar-refractivity contribution in [3.63, 3.8) is 0 Å². The third-order valence-corrected chi connectivity index (χ3v) is 11.5. The van der Waals surface area contributed by atoms with Crippen LogP contribution in [0.5, 0.6) is 0 Å². The molecule has 2 aliphatic rings. The summed E-state index contributed by atoms with van der Waals surface area (Å²) in [6.45, 7) is 5.68. The molecule has 1 saturated carbocycles. The van der Waals surface area contributed by atoms with Gasteiger partial charge >= 0.3 is 0 Å². The first-order chi connectivity index (χ1) is 18.0. The van der Waals surface area contributed by atoms with Crippen LogP contribution in [0.3, 0.4) is 0 Å². The van der Waals surface area contributed by atoms with Crippen LogP contribution < -0.4 is 5.32 Å². The molecule has 3 heterocycles. The van der Waals surface area contributed by atoms with Crippen molar-refractivity contribution < 1.29 is 13.2 Å². The molecule has 0 spiro atoms. The van der Waals surface area contributed by atoms with E-state index in [-0.39, 0.29) is 11.2 Å². The van der Waals surface area contributed by atoms with Gasteiger partial charge in [-0.05, 0) is 73.6 Å². The Hall–Kier alpha value is -1.65. The third kappa shape index (κ3) is 6.87. The molecular formula is C28H37N3O3S3. The summed E-state index contributed by atoms with van der Waals surface area (Å²) in [5.41, 5.74) is 3.35. The number of sulfone groups is 1. The Kier molecular flexibility index (Phi) is 9.08. The molecule has 5 rings (SSSR count). The average Bonchev–Trinajstić information content (AvgIpc) is 3.50. The molecule has 2 fully saturated rings. The van der Waals surface area contributed by atoms with Gasteiger partial charge in [0, 0.05) is 54.7 Å². The summed E-state index contributed by atoms with van der Waals surface area (Å²) in [6, 6.07) is 12.0. The summed E-state index contributed by atoms with van der Waals surface area (Å²) in [6.07, 6.45) is 6.69. The number of hydrogen-bond donors (Lipinski definition) is 2. The molecule has 2 aromatic heterocycles. The van der Waals surface area contributed by atoms with Crippen molar-refractivity contribution in [2.45, 2.75) is 61.6 Å². The highest BCUT2D eigenvalue weighted by Gasteiger charge is 2.37. The summed E-state index contributed by atoms with van der Waals surface area (Å²) < 4.78 is 31.0. The van der Waals surface area contributed by atoms with Crippen LogP contribution >= 0.6 is 23.1 Å². The maximum Gasteiger partial charge on any atom is 0.181 e. The van der Waals surface area contributed by atoms with Crippen molar-refractivity contribution in [1.29, 1.82) is 0 Å². The Bertz CT molecular complexity index is 1240. The molecule has 0 radical (unpaired) electrons. The van der Waals surface area contributed by atoms with Crippen molar-refractivity contribution in [3.8, 4) is 10.7 Å². The number of thioether (sulfide) groups is 1. The lowest BCUT2D eigenvalue weighted by molar-refractivity contribution is 0.0626. The van der Waals surface area contributed by atoms with Crippen molar-refractivity contribution in [3.05, 3.63) is 58.7 Å². The standard InChI is InChI=1S/C28H37N3O3S3/c1-2-35-16-13-29-18-22-19-30-28(36-22)27-10-9-26(31-27)25(17-20-11-14-34-15-12-20)21-3-5-23(6-4-21)37(32,33)24-7-8-24/h3-6,9-10,19-20,24-25,29,31H,2,7-8,11-18H2,1H3. The predicted octanol–water partition coefficient (Wildman–Crippen LogP) is 5.87. The van der Waals surface area contributed by atoms with Gasteiger partial charge in [0.2, 0.25) is 0 Å². The monoisotopic (exact) mass is 559 g/mol. The maximum absolute atomic E-state index is 12.7. The van der Waals surface area contributed by atoms with E-state index in [4.69, 9.17) is 4.74 Å². The first-order valence-electron chi connectivity index (χ1n) is 13.4. The zero-order chi connectivity index (χ0) is 25.7. The number of nitrogens with one attached hydrogen (secondary N) is 2. The van der Waals surface area contributed by atoms with Gasteiger partial charge < -0.3 is 15.0 Å². The SMILES string of the molecule is CCSCCNCc1cnc(-c2ccc(C(CC3CCOCC3)c3ccc(S(=O)(=O)C4CC4)cc3)[nH]2)s1. The lowest BCUT2D eigenvalue weighted by atomic mass is 9.83. The van der Waals surface area contributed by atoms with E-state index in [1.54, 1.807) is 11.3 Å². The van der Waals surface area contributed by atoms with Crippen LogP contribution in [0.4, 0.5) is 0 Å². The van der Waals surface area contributed by atoms with Crippen molar-refractivity contribution >= 4 is 32.9 Å². The fourth-order valence-electron chi connectivity index (χ4n) is 4.97. The second-order valence-corrected chi connectivity index (χ2v) is 14.7. The van der Waals surface area contributed by atoms with Crippen LogP contribution in [-0.2, 0) is 21.1 Å². The second-order valence-electron chi connectivity index (χ2n) is 9.99. The van der Waals surface area contributed by atoms with Gasteiger partial charge in [0.05, 0.1) is 15.8 Å². The normalized spacial score (nSPS) is 17.8. The van der Waals surface area contributed by atoms with Crippen LogP contribution in [0.25, 0.3) is 10.7 Å². The number of rotatable bonds is 13. The largest absolute Gasteiger partial charge is 0.381 e. The molecule has 0 amide bonds. The van der Waals surface area contributed by atoms with Gasteiger partial charge in [-0.3, -0.25) is 0 Å². The van der Waals surface area contributed by atoms with Gasteiger partial charge in [0.25, 0.3) is 0 Å². The van der Waals surface area contributed by atoms with Crippen LogP contribution in [0, 0.1) is 5.92 Å². The Balaban J connectivity index is 1.32. The minimum atomic E-state index is -3.18.